The summed E-state index contributed by atoms with van der Waals surface area (Å²) in [6.45, 7) is -0.0457. The summed E-state index contributed by atoms with van der Waals surface area (Å²) in [5.74, 6) is -1.40. The van der Waals surface area contributed by atoms with Crippen molar-refractivity contribution >= 4 is 34.9 Å². The Morgan fingerprint density at radius 1 is 1.09 bits per heavy atom. The second-order valence-corrected chi connectivity index (χ2v) is 8.01. The molecule has 162 valence electrons. The van der Waals surface area contributed by atoms with Gasteiger partial charge in [-0.1, -0.05) is 17.7 Å². The van der Waals surface area contributed by atoms with Gasteiger partial charge in [-0.05, 0) is 48.5 Å². The molecule has 3 amide bonds. The van der Waals surface area contributed by atoms with Crippen LogP contribution in [0.5, 0.6) is 0 Å². The van der Waals surface area contributed by atoms with Crippen molar-refractivity contribution in [3.05, 3.63) is 93.5 Å². The number of nitrogens with zero attached hydrogens (tertiary/aromatic N) is 1. The molecule has 9 heteroatoms. The molecule has 2 aliphatic rings. The maximum atomic E-state index is 13.9. The first kappa shape index (κ1) is 20.4. The maximum absolute atomic E-state index is 13.9. The largest absolute Gasteiger partial charge is 0.386 e. The van der Waals surface area contributed by atoms with E-state index in [0.717, 1.165) is 0 Å². The van der Waals surface area contributed by atoms with Gasteiger partial charge in [-0.15, -0.1) is 0 Å². The van der Waals surface area contributed by atoms with Crippen LogP contribution in [0.1, 0.15) is 39.2 Å². The van der Waals surface area contributed by atoms with Gasteiger partial charge in [0.15, 0.2) is 0 Å². The molecule has 2 heterocycles. The van der Waals surface area contributed by atoms with Gasteiger partial charge in [-0.25, -0.2) is 13.6 Å². The molecule has 0 bridgehead atoms. The molecule has 5 rings (SSSR count). The van der Waals surface area contributed by atoms with Gasteiger partial charge in [0, 0.05) is 33.0 Å². The number of nitrogens with one attached hydrogen (secondary N) is 2. The van der Waals surface area contributed by atoms with E-state index < -0.39 is 29.8 Å². The van der Waals surface area contributed by atoms with Gasteiger partial charge in [-0.2, -0.15) is 0 Å². The second-order valence-electron chi connectivity index (χ2n) is 7.60. The Bertz CT molecular complexity index is 1280. The van der Waals surface area contributed by atoms with Gasteiger partial charge < -0.3 is 15.7 Å². The molecule has 0 aliphatic carbocycles. The minimum absolute atomic E-state index is 0.0457. The van der Waals surface area contributed by atoms with Crippen LogP contribution in [-0.4, -0.2) is 23.6 Å². The number of aliphatic hydroxyl groups is 1. The summed E-state index contributed by atoms with van der Waals surface area (Å²) in [5.41, 5.74) is 2.19. The van der Waals surface area contributed by atoms with E-state index in [0.29, 0.717) is 33.6 Å². The quantitative estimate of drug-likeness (QED) is 0.530. The first-order chi connectivity index (χ1) is 15.3. The van der Waals surface area contributed by atoms with Crippen molar-refractivity contribution in [2.75, 3.05) is 16.8 Å². The van der Waals surface area contributed by atoms with Crippen molar-refractivity contribution in [1.29, 1.82) is 0 Å². The van der Waals surface area contributed by atoms with Crippen molar-refractivity contribution in [1.82, 2.24) is 5.32 Å². The minimum atomic E-state index is -1.02. The molecule has 0 aromatic heterocycles. The summed E-state index contributed by atoms with van der Waals surface area (Å²) in [6, 6.07) is 11.2. The number of benzene rings is 3. The van der Waals surface area contributed by atoms with Crippen molar-refractivity contribution < 1.29 is 23.5 Å². The number of rotatable bonds is 2. The molecule has 3 aromatic rings. The van der Waals surface area contributed by atoms with Crippen LogP contribution in [-0.2, 0) is 0 Å². The van der Waals surface area contributed by atoms with E-state index in [1.165, 1.54) is 41.3 Å². The van der Waals surface area contributed by atoms with Crippen LogP contribution in [0, 0.1) is 11.6 Å². The molecule has 3 N–H and O–H groups in total. The molecule has 3 aromatic carbocycles. The molecule has 6 nitrogen and oxygen atoms in total. The number of fused-ring (bicyclic) bond motifs is 2. The van der Waals surface area contributed by atoms with Gasteiger partial charge in [-0.3, -0.25) is 9.69 Å². The summed E-state index contributed by atoms with van der Waals surface area (Å²) in [4.78, 5) is 26.9. The molecular weight excluding hydrogens is 440 g/mol. The summed E-state index contributed by atoms with van der Waals surface area (Å²) in [6.07, 6.45) is -1.02. The van der Waals surface area contributed by atoms with E-state index in [9.17, 15) is 23.5 Å². The van der Waals surface area contributed by atoms with Gasteiger partial charge >= 0.3 is 6.03 Å². The second kappa shape index (κ2) is 7.58. The highest BCUT2D eigenvalue weighted by molar-refractivity contribution is 6.31. The molecule has 32 heavy (non-hydrogen) atoms. The number of hydrogen-bond acceptors (Lipinski definition) is 3. The highest BCUT2D eigenvalue weighted by Gasteiger charge is 2.36. The van der Waals surface area contributed by atoms with Gasteiger partial charge in [0.1, 0.15) is 11.6 Å². The monoisotopic (exact) mass is 455 g/mol. The third kappa shape index (κ3) is 3.28. The van der Waals surface area contributed by atoms with E-state index in [1.54, 1.807) is 18.2 Å². The average Bonchev–Trinajstić information content (AvgIpc) is 3.28. The maximum Gasteiger partial charge on any atom is 0.326 e. The number of urea groups is 1. The van der Waals surface area contributed by atoms with E-state index in [2.05, 4.69) is 10.6 Å². The van der Waals surface area contributed by atoms with Gasteiger partial charge in [0.2, 0.25) is 0 Å². The summed E-state index contributed by atoms with van der Waals surface area (Å²) >= 11 is 6.27. The van der Waals surface area contributed by atoms with Gasteiger partial charge in [0.25, 0.3) is 5.91 Å². The Labute approximate surface area is 186 Å². The molecular formula is C23H16ClF2N3O3. The summed E-state index contributed by atoms with van der Waals surface area (Å²) < 4.78 is 27.5. The Morgan fingerprint density at radius 3 is 2.59 bits per heavy atom. The fraction of sp³-hybridized carbons (Fsp3) is 0.130. The van der Waals surface area contributed by atoms with Crippen molar-refractivity contribution in [2.45, 2.75) is 12.1 Å². The molecule has 0 saturated carbocycles. The number of carbonyl (C=O) groups excluding carboxylic acids is 2. The van der Waals surface area contributed by atoms with E-state index in [1.807, 2.05) is 0 Å². The zero-order valence-corrected chi connectivity index (χ0v) is 17.2. The molecule has 0 spiro atoms. The number of carbonyl (C=O) groups is 2. The third-order valence-corrected chi connectivity index (χ3v) is 6.01. The van der Waals surface area contributed by atoms with Crippen LogP contribution < -0.4 is 15.5 Å². The van der Waals surface area contributed by atoms with Crippen molar-refractivity contribution in [2.24, 2.45) is 0 Å². The smallest absolute Gasteiger partial charge is 0.326 e. The normalized spacial score (nSPS) is 18.9. The number of anilines is 2. The lowest BCUT2D eigenvalue weighted by molar-refractivity contribution is 0.0960. The van der Waals surface area contributed by atoms with Crippen LogP contribution in [0.2, 0.25) is 5.02 Å². The molecule has 0 radical (unpaired) electrons. The Balaban J connectivity index is 1.51. The van der Waals surface area contributed by atoms with E-state index in [4.69, 9.17) is 11.6 Å². The highest BCUT2D eigenvalue weighted by Crippen LogP contribution is 2.40. The van der Waals surface area contributed by atoms with Crippen molar-refractivity contribution in [3.8, 4) is 0 Å². The fourth-order valence-electron chi connectivity index (χ4n) is 4.22. The summed E-state index contributed by atoms with van der Waals surface area (Å²) in [5, 5.41) is 16.0. The Kier molecular flexibility index (Phi) is 4.83. The molecule has 0 saturated heterocycles. The SMILES string of the molecule is O=C1N[C@H](c2cc(F)ccc2Cl)c2c(NC(=O)N3C[C@@H](O)c4cc(F)ccc43)cccc21. The Morgan fingerprint density at radius 2 is 1.81 bits per heavy atom. The van der Waals surface area contributed by atoms with Crippen molar-refractivity contribution in [3.63, 3.8) is 0 Å². The first-order valence-electron chi connectivity index (χ1n) is 9.78. The molecule has 0 unspecified atom stereocenters. The van der Waals surface area contributed by atoms with E-state index >= 15 is 0 Å². The fourth-order valence-corrected chi connectivity index (χ4v) is 4.44. The number of aliphatic hydroxyl groups excluding tert-OH is 1. The number of hydrogen-bond donors (Lipinski definition) is 3. The van der Waals surface area contributed by atoms with Crippen LogP contribution >= 0.6 is 11.6 Å². The molecule has 2 atom stereocenters. The highest BCUT2D eigenvalue weighted by atomic mass is 35.5. The minimum Gasteiger partial charge on any atom is -0.386 e. The standard InChI is InChI=1S/C23H16ClF2N3O3/c24-16-6-4-11(25)8-14(16)21-20-13(22(31)28-21)2-1-3-17(20)27-23(32)29-10-19(30)15-9-12(26)5-7-18(15)29/h1-9,19,21,30H,10H2,(H,27,32)(H,28,31)/t19-,21-/m1/s1. The zero-order valence-electron chi connectivity index (χ0n) is 16.4. The van der Waals surface area contributed by atoms with Gasteiger partial charge in [0.05, 0.1) is 24.4 Å². The average molecular weight is 456 g/mol. The summed E-state index contributed by atoms with van der Waals surface area (Å²) in [7, 11) is 0. The lowest BCUT2D eigenvalue weighted by atomic mass is 9.96. The third-order valence-electron chi connectivity index (χ3n) is 5.67. The predicted molar refractivity (Wildman–Crippen MR) is 115 cm³/mol. The van der Waals surface area contributed by atoms with Crippen LogP contribution in [0.25, 0.3) is 0 Å². The number of halogens is 3. The zero-order chi connectivity index (χ0) is 22.6. The van der Waals surface area contributed by atoms with Crippen LogP contribution in [0.15, 0.2) is 54.6 Å². The van der Waals surface area contributed by atoms with Crippen LogP contribution in [0.4, 0.5) is 25.0 Å². The first-order valence-corrected chi connectivity index (χ1v) is 10.2. The lowest BCUT2D eigenvalue weighted by Gasteiger charge is -2.21. The molecule has 0 fully saturated rings. The number of β-amino-alcohol motifs (C(OH)–C–C–N with tert-alkyl or cyclic N) is 1. The molecule has 2 aliphatic heterocycles. The lowest BCUT2D eigenvalue weighted by Crippen LogP contribution is -2.34. The van der Waals surface area contributed by atoms with Crippen LogP contribution in [0.3, 0.4) is 0 Å². The van der Waals surface area contributed by atoms with E-state index in [-0.39, 0.29) is 17.5 Å². The number of amides is 3. The predicted octanol–water partition coefficient (Wildman–Crippen LogP) is 4.54. The Hall–Kier alpha value is -3.49. The topological polar surface area (TPSA) is 81.7 Å².